The molecule has 0 unspecified atom stereocenters. The van der Waals surface area contributed by atoms with Gasteiger partial charge in [0.25, 0.3) is 0 Å². The largest absolute Gasteiger partial charge is 0.367 e. The quantitative estimate of drug-likeness (QED) is 0.392. The summed E-state index contributed by atoms with van der Waals surface area (Å²) in [5.74, 6) is 0. The van der Waals surface area contributed by atoms with Crippen LogP contribution in [0.5, 0.6) is 0 Å². The molecule has 0 fully saturated rings. The van der Waals surface area contributed by atoms with Gasteiger partial charge < -0.3 is 4.90 Å². The molecular formula is C26H24N2. The zero-order valence-electron chi connectivity index (χ0n) is 16.1. The number of aromatic nitrogens is 1. The van der Waals surface area contributed by atoms with Crippen molar-refractivity contribution >= 4 is 28.6 Å². The molecule has 1 aromatic heterocycles. The number of hydrogen-bond acceptors (Lipinski definition) is 2. The van der Waals surface area contributed by atoms with Gasteiger partial charge in [-0.3, -0.25) is 4.98 Å². The zero-order chi connectivity index (χ0) is 19.2. The minimum Gasteiger partial charge on any atom is -0.367 e. The maximum Gasteiger partial charge on any atom is 0.0708 e. The summed E-state index contributed by atoms with van der Waals surface area (Å²) in [6.07, 6.45) is 6.10. The summed E-state index contributed by atoms with van der Waals surface area (Å²) >= 11 is 0. The molecule has 4 aromatic rings. The fourth-order valence-corrected chi connectivity index (χ4v) is 3.44. The first-order valence-electron chi connectivity index (χ1n) is 9.74. The molecule has 0 spiro atoms. The van der Waals surface area contributed by atoms with Gasteiger partial charge in [-0.15, -0.1) is 0 Å². The number of rotatable bonds is 6. The van der Waals surface area contributed by atoms with E-state index >= 15 is 0 Å². The number of pyridine rings is 1. The van der Waals surface area contributed by atoms with Crippen molar-refractivity contribution in [2.45, 2.75) is 13.5 Å². The number of nitrogens with zero attached hydrogens (tertiary/aromatic N) is 2. The monoisotopic (exact) mass is 364 g/mol. The van der Waals surface area contributed by atoms with Crippen LogP contribution < -0.4 is 4.90 Å². The lowest BCUT2D eigenvalue weighted by Gasteiger charge is -2.23. The standard InChI is InChI=1S/C26H24N2/c1-2-28(20-22-8-4-3-5-9-22)24-15-12-21(13-16-24)14-17-26-25-11-7-6-10-23(25)18-19-27-26/h3-19H,2,20H2,1H3/b17-14+. The van der Waals surface area contributed by atoms with E-state index in [1.807, 2.05) is 12.3 Å². The van der Waals surface area contributed by atoms with Crippen LogP contribution >= 0.6 is 0 Å². The number of anilines is 1. The van der Waals surface area contributed by atoms with Crippen molar-refractivity contribution in [3.05, 3.63) is 108 Å². The second kappa shape index (κ2) is 8.53. The number of hydrogen-bond donors (Lipinski definition) is 0. The number of fused-ring (bicyclic) bond motifs is 1. The fourth-order valence-electron chi connectivity index (χ4n) is 3.44. The Balaban J connectivity index is 1.52. The zero-order valence-corrected chi connectivity index (χ0v) is 16.1. The molecule has 4 rings (SSSR count). The highest BCUT2D eigenvalue weighted by atomic mass is 15.1. The molecule has 0 N–H and O–H groups in total. The van der Waals surface area contributed by atoms with E-state index in [2.05, 4.69) is 108 Å². The van der Waals surface area contributed by atoms with Crippen LogP contribution in [-0.4, -0.2) is 11.5 Å². The lowest BCUT2D eigenvalue weighted by molar-refractivity contribution is 0.832. The molecule has 0 bridgehead atoms. The first-order chi connectivity index (χ1) is 13.8. The third-order valence-corrected chi connectivity index (χ3v) is 4.99. The SMILES string of the molecule is CCN(Cc1ccccc1)c1ccc(/C=C/c2nccc3ccccc23)cc1. The average molecular weight is 364 g/mol. The highest BCUT2D eigenvalue weighted by Crippen LogP contribution is 2.21. The molecule has 0 atom stereocenters. The second-order valence-electron chi connectivity index (χ2n) is 6.84. The van der Waals surface area contributed by atoms with Crippen LogP contribution in [0.15, 0.2) is 91.1 Å². The Morgan fingerprint density at radius 2 is 1.54 bits per heavy atom. The summed E-state index contributed by atoms with van der Waals surface area (Å²) in [6, 6.07) is 29.7. The normalized spacial score (nSPS) is 11.2. The molecule has 3 aromatic carbocycles. The summed E-state index contributed by atoms with van der Waals surface area (Å²) < 4.78 is 0. The minimum absolute atomic E-state index is 0.923. The summed E-state index contributed by atoms with van der Waals surface area (Å²) in [7, 11) is 0. The van der Waals surface area contributed by atoms with Gasteiger partial charge in [0.2, 0.25) is 0 Å². The molecule has 2 nitrogen and oxygen atoms in total. The molecular weight excluding hydrogens is 340 g/mol. The van der Waals surface area contributed by atoms with E-state index in [0.717, 1.165) is 18.8 Å². The Kier molecular flexibility index (Phi) is 5.48. The second-order valence-corrected chi connectivity index (χ2v) is 6.84. The highest BCUT2D eigenvalue weighted by Gasteiger charge is 2.05. The van der Waals surface area contributed by atoms with Crippen molar-refractivity contribution in [1.82, 2.24) is 4.98 Å². The van der Waals surface area contributed by atoms with Crippen LogP contribution in [-0.2, 0) is 6.54 Å². The first-order valence-corrected chi connectivity index (χ1v) is 9.74. The molecule has 138 valence electrons. The van der Waals surface area contributed by atoms with Crippen molar-refractivity contribution in [1.29, 1.82) is 0 Å². The van der Waals surface area contributed by atoms with Gasteiger partial charge >= 0.3 is 0 Å². The Hall–Kier alpha value is -3.39. The first kappa shape index (κ1) is 18.0. The van der Waals surface area contributed by atoms with Gasteiger partial charge in [-0.2, -0.15) is 0 Å². The molecule has 0 aliphatic heterocycles. The van der Waals surface area contributed by atoms with Crippen molar-refractivity contribution in [2.24, 2.45) is 0 Å². The van der Waals surface area contributed by atoms with Crippen LogP contribution in [0.4, 0.5) is 5.69 Å². The van der Waals surface area contributed by atoms with Gasteiger partial charge in [0, 0.05) is 30.4 Å². The topological polar surface area (TPSA) is 16.1 Å². The van der Waals surface area contributed by atoms with Crippen LogP contribution in [0.2, 0.25) is 0 Å². The van der Waals surface area contributed by atoms with Crippen molar-refractivity contribution < 1.29 is 0 Å². The highest BCUT2D eigenvalue weighted by molar-refractivity contribution is 5.91. The van der Waals surface area contributed by atoms with Crippen molar-refractivity contribution in [2.75, 3.05) is 11.4 Å². The lowest BCUT2D eigenvalue weighted by Crippen LogP contribution is -2.21. The molecule has 28 heavy (non-hydrogen) atoms. The summed E-state index contributed by atoms with van der Waals surface area (Å²) in [6.45, 7) is 4.10. The van der Waals surface area contributed by atoms with Gasteiger partial charge in [-0.25, -0.2) is 0 Å². The van der Waals surface area contributed by atoms with Gasteiger partial charge in [0.15, 0.2) is 0 Å². The Bertz CT molecular complexity index is 1060. The Morgan fingerprint density at radius 1 is 0.786 bits per heavy atom. The van der Waals surface area contributed by atoms with Crippen LogP contribution in [0.25, 0.3) is 22.9 Å². The Labute approximate surface area is 166 Å². The molecule has 1 heterocycles. The van der Waals surface area contributed by atoms with E-state index in [4.69, 9.17) is 0 Å². The lowest BCUT2D eigenvalue weighted by atomic mass is 10.1. The summed E-state index contributed by atoms with van der Waals surface area (Å²) in [5, 5.41) is 2.39. The van der Waals surface area contributed by atoms with E-state index in [9.17, 15) is 0 Å². The van der Waals surface area contributed by atoms with Crippen LogP contribution in [0.3, 0.4) is 0 Å². The van der Waals surface area contributed by atoms with Crippen molar-refractivity contribution in [3.8, 4) is 0 Å². The molecule has 0 saturated heterocycles. The maximum absolute atomic E-state index is 4.53. The van der Waals surface area contributed by atoms with Crippen LogP contribution in [0, 0.1) is 0 Å². The molecule has 0 aliphatic rings. The van der Waals surface area contributed by atoms with E-state index in [0.29, 0.717) is 0 Å². The third-order valence-electron chi connectivity index (χ3n) is 4.99. The molecule has 0 saturated carbocycles. The maximum atomic E-state index is 4.53. The third kappa shape index (κ3) is 4.12. The molecule has 0 aliphatic carbocycles. The predicted octanol–water partition coefficient (Wildman–Crippen LogP) is 6.43. The van der Waals surface area contributed by atoms with E-state index < -0.39 is 0 Å². The number of benzene rings is 3. The van der Waals surface area contributed by atoms with Gasteiger partial charge in [0.1, 0.15) is 0 Å². The molecule has 0 amide bonds. The predicted molar refractivity (Wildman–Crippen MR) is 120 cm³/mol. The molecule has 2 heteroatoms. The smallest absolute Gasteiger partial charge is 0.0708 e. The summed E-state index contributed by atoms with van der Waals surface area (Å²) in [5.41, 5.74) is 4.75. The van der Waals surface area contributed by atoms with Crippen LogP contribution in [0.1, 0.15) is 23.7 Å². The minimum atomic E-state index is 0.923. The fraction of sp³-hybridized carbons (Fsp3) is 0.115. The van der Waals surface area contributed by atoms with Gasteiger partial charge in [0.05, 0.1) is 5.69 Å². The van der Waals surface area contributed by atoms with Crippen molar-refractivity contribution in [3.63, 3.8) is 0 Å². The van der Waals surface area contributed by atoms with E-state index in [1.165, 1.54) is 27.6 Å². The van der Waals surface area contributed by atoms with E-state index in [-0.39, 0.29) is 0 Å². The van der Waals surface area contributed by atoms with Gasteiger partial charge in [-0.05, 0) is 47.7 Å². The summed E-state index contributed by atoms with van der Waals surface area (Å²) in [4.78, 5) is 6.92. The average Bonchev–Trinajstić information content (AvgIpc) is 2.77. The van der Waals surface area contributed by atoms with Gasteiger partial charge in [-0.1, -0.05) is 72.8 Å². The Morgan fingerprint density at radius 3 is 2.32 bits per heavy atom. The van der Waals surface area contributed by atoms with E-state index in [1.54, 1.807) is 0 Å². The molecule has 0 radical (unpaired) electrons.